The van der Waals surface area contributed by atoms with E-state index in [0.29, 0.717) is 31.9 Å². The minimum absolute atomic E-state index is 0.0740. The Morgan fingerprint density at radius 1 is 1.07 bits per heavy atom. The first-order valence-corrected chi connectivity index (χ1v) is 14.0. The zero-order chi connectivity index (χ0) is 28.2. The highest BCUT2D eigenvalue weighted by Crippen LogP contribution is 2.21. The Morgan fingerprint density at radius 2 is 1.93 bits per heavy atom. The molecule has 4 N–H and O–H groups in total. The van der Waals surface area contributed by atoms with E-state index in [0.717, 1.165) is 68.0 Å². The van der Waals surface area contributed by atoms with Crippen molar-refractivity contribution in [3.63, 3.8) is 0 Å². The maximum atomic E-state index is 12.1. The molecular weight excluding hydrogens is 506 g/mol. The minimum atomic E-state index is -0.936. The molecule has 1 aliphatic rings. The average Bonchev–Trinajstić information content (AvgIpc) is 2.97. The molecule has 1 aromatic carbocycles. The lowest BCUT2D eigenvalue weighted by Crippen LogP contribution is -2.39. The molecule has 0 saturated heterocycles. The molecule has 0 fully saturated rings. The number of carboxylic acid groups (broad SMARTS) is 1. The van der Waals surface area contributed by atoms with Crippen LogP contribution in [0.4, 0.5) is 11.6 Å². The highest BCUT2D eigenvalue weighted by Gasteiger charge is 2.20. The van der Waals surface area contributed by atoms with Crippen LogP contribution in [-0.2, 0) is 22.4 Å². The number of hydrogen-bond donors (Lipinski definition) is 4. The number of fused-ring (bicyclic) bond motifs is 1. The zero-order valence-electron chi connectivity index (χ0n) is 23.1. The van der Waals surface area contributed by atoms with Gasteiger partial charge in [-0.1, -0.05) is 36.4 Å². The second kappa shape index (κ2) is 14.9. The minimum Gasteiger partial charge on any atom is -0.480 e. The highest BCUT2D eigenvalue weighted by atomic mass is 16.4. The molecule has 0 saturated carbocycles. The van der Waals surface area contributed by atoms with Crippen LogP contribution in [0.5, 0.6) is 0 Å². The molecule has 0 aliphatic carbocycles. The van der Waals surface area contributed by atoms with Gasteiger partial charge in [0.05, 0.1) is 5.69 Å². The normalized spacial score (nSPS) is 13.2. The van der Waals surface area contributed by atoms with Crippen molar-refractivity contribution in [2.75, 3.05) is 43.4 Å². The summed E-state index contributed by atoms with van der Waals surface area (Å²) in [6.07, 6.45) is 6.88. The van der Waals surface area contributed by atoms with Gasteiger partial charge < -0.3 is 26.0 Å². The van der Waals surface area contributed by atoms with Gasteiger partial charge in [-0.05, 0) is 56.7 Å². The number of aryl methyl sites for hydroxylation is 2. The largest absolute Gasteiger partial charge is 0.480 e. The van der Waals surface area contributed by atoms with E-state index in [1.54, 1.807) is 6.07 Å². The summed E-state index contributed by atoms with van der Waals surface area (Å²) in [5.41, 5.74) is 4.04. The molecule has 3 heterocycles. The second-order valence-corrected chi connectivity index (χ2v) is 10.1. The van der Waals surface area contributed by atoms with Crippen LogP contribution in [0.2, 0.25) is 0 Å². The molecule has 10 heteroatoms. The number of rotatable bonds is 15. The number of aliphatic carboxylic acids is 1. The van der Waals surface area contributed by atoms with E-state index < -0.39 is 12.0 Å². The first-order valence-electron chi connectivity index (χ1n) is 14.0. The molecule has 0 bridgehead atoms. The Morgan fingerprint density at radius 3 is 2.73 bits per heavy atom. The Hall–Kier alpha value is -4.05. The Kier molecular flexibility index (Phi) is 10.8. The molecule has 4 rings (SSSR count). The number of nitrogens with zero attached hydrogens (tertiary/aromatic N) is 4. The number of pyridine rings is 1. The predicted molar refractivity (Wildman–Crippen MR) is 156 cm³/mol. The van der Waals surface area contributed by atoms with Crippen LogP contribution in [0.15, 0.2) is 54.9 Å². The Balaban J connectivity index is 1.30. The smallest absolute Gasteiger partial charge is 0.326 e. The zero-order valence-corrected chi connectivity index (χ0v) is 23.1. The van der Waals surface area contributed by atoms with Crippen molar-refractivity contribution in [3.05, 3.63) is 66.1 Å². The Labute approximate surface area is 235 Å². The maximum absolute atomic E-state index is 12.1. The molecule has 0 spiro atoms. The molecule has 1 unspecified atom stereocenters. The lowest BCUT2D eigenvalue weighted by Gasteiger charge is -2.24. The van der Waals surface area contributed by atoms with Crippen LogP contribution < -0.4 is 16.0 Å². The molecule has 10 nitrogen and oxygen atoms in total. The van der Waals surface area contributed by atoms with Crippen molar-refractivity contribution in [1.29, 1.82) is 0 Å². The first kappa shape index (κ1) is 28.9. The van der Waals surface area contributed by atoms with Gasteiger partial charge in [-0.25, -0.2) is 19.7 Å². The quantitative estimate of drug-likeness (QED) is 0.211. The van der Waals surface area contributed by atoms with Crippen LogP contribution in [0.25, 0.3) is 11.3 Å². The molecule has 0 radical (unpaired) electrons. The number of aromatic nitrogens is 3. The molecular formula is C30H39N7O3. The van der Waals surface area contributed by atoms with E-state index in [4.69, 9.17) is 4.98 Å². The summed E-state index contributed by atoms with van der Waals surface area (Å²) in [7, 11) is 0. The maximum Gasteiger partial charge on any atom is 0.326 e. The number of hydrogen-bond acceptors (Lipinski definition) is 8. The molecule has 1 amide bonds. The van der Waals surface area contributed by atoms with Crippen molar-refractivity contribution in [1.82, 2.24) is 25.2 Å². The average molecular weight is 546 g/mol. The van der Waals surface area contributed by atoms with E-state index in [-0.39, 0.29) is 5.91 Å². The standard InChI is InChI=1S/C30H39N7O3/c1-22(38)31-16-19-37(17-6-5-11-25-13-12-24-10-7-15-32-29(24)35-25)18-14-26(30(39)40)36-28-20-27(33-21-34-28)23-8-3-2-4-9-23/h2-4,8-9,12-13,20-21,26H,5-7,10-11,14-19H2,1H3,(H,31,38)(H,32,35)(H,39,40)(H,33,34,36). The van der Waals surface area contributed by atoms with Gasteiger partial charge in [-0.3, -0.25) is 4.79 Å². The van der Waals surface area contributed by atoms with E-state index in [1.807, 2.05) is 30.3 Å². The van der Waals surface area contributed by atoms with E-state index in [2.05, 4.69) is 43.0 Å². The van der Waals surface area contributed by atoms with Crippen LogP contribution in [0.3, 0.4) is 0 Å². The summed E-state index contributed by atoms with van der Waals surface area (Å²) in [6.45, 7) is 5.02. The summed E-state index contributed by atoms with van der Waals surface area (Å²) >= 11 is 0. The number of carbonyl (C=O) groups excluding carboxylic acids is 1. The molecule has 2 aromatic heterocycles. The van der Waals surface area contributed by atoms with Crippen LogP contribution >= 0.6 is 0 Å². The highest BCUT2D eigenvalue weighted by molar-refractivity contribution is 5.77. The van der Waals surface area contributed by atoms with Crippen LogP contribution in [0, 0.1) is 0 Å². The van der Waals surface area contributed by atoms with Gasteiger partial charge in [-0.15, -0.1) is 0 Å². The summed E-state index contributed by atoms with van der Waals surface area (Å²) in [6, 6.07) is 15.0. The number of benzene rings is 1. The third-order valence-corrected chi connectivity index (χ3v) is 7.00. The van der Waals surface area contributed by atoms with Crippen LogP contribution in [-0.4, -0.2) is 75.6 Å². The fraction of sp³-hybridized carbons (Fsp3) is 0.433. The third-order valence-electron chi connectivity index (χ3n) is 7.00. The predicted octanol–water partition coefficient (Wildman–Crippen LogP) is 3.61. The van der Waals surface area contributed by atoms with Crippen molar-refractivity contribution < 1.29 is 14.7 Å². The lowest BCUT2D eigenvalue weighted by molar-refractivity contribution is -0.138. The number of anilines is 2. The van der Waals surface area contributed by atoms with Gasteiger partial charge in [0, 0.05) is 50.4 Å². The molecule has 3 aromatic rings. The number of amides is 1. The number of carbonyl (C=O) groups is 2. The summed E-state index contributed by atoms with van der Waals surface area (Å²) in [5.74, 6) is 0.481. The van der Waals surface area contributed by atoms with Gasteiger partial charge in [-0.2, -0.15) is 0 Å². The van der Waals surface area contributed by atoms with E-state index in [1.165, 1.54) is 18.8 Å². The van der Waals surface area contributed by atoms with Crippen LogP contribution in [0.1, 0.15) is 43.9 Å². The summed E-state index contributed by atoms with van der Waals surface area (Å²) in [5, 5.41) is 19.2. The van der Waals surface area contributed by atoms with Crippen molar-refractivity contribution in [2.24, 2.45) is 0 Å². The first-order chi connectivity index (χ1) is 19.5. The second-order valence-electron chi connectivity index (χ2n) is 10.1. The summed E-state index contributed by atoms with van der Waals surface area (Å²) < 4.78 is 0. The molecule has 40 heavy (non-hydrogen) atoms. The van der Waals surface area contributed by atoms with Gasteiger partial charge >= 0.3 is 5.97 Å². The van der Waals surface area contributed by atoms with Crippen molar-refractivity contribution in [3.8, 4) is 11.3 Å². The fourth-order valence-electron chi connectivity index (χ4n) is 4.83. The molecule has 212 valence electrons. The van der Waals surface area contributed by atoms with Crippen molar-refractivity contribution >= 4 is 23.5 Å². The van der Waals surface area contributed by atoms with Gasteiger partial charge in [0.2, 0.25) is 5.91 Å². The number of carboxylic acids is 1. The van der Waals surface area contributed by atoms with Gasteiger partial charge in [0.15, 0.2) is 0 Å². The van der Waals surface area contributed by atoms with Gasteiger partial charge in [0.1, 0.15) is 24.0 Å². The van der Waals surface area contributed by atoms with Gasteiger partial charge in [0.25, 0.3) is 0 Å². The molecule has 1 aliphatic heterocycles. The van der Waals surface area contributed by atoms with E-state index >= 15 is 0 Å². The number of unbranched alkanes of at least 4 members (excludes halogenated alkanes) is 1. The SMILES string of the molecule is CC(=O)NCCN(CCCCc1ccc2c(n1)NCCC2)CCC(Nc1cc(-c2ccccc2)ncn1)C(=O)O. The third kappa shape index (κ3) is 9.01. The van der Waals surface area contributed by atoms with E-state index in [9.17, 15) is 14.7 Å². The summed E-state index contributed by atoms with van der Waals surface area (Å²) in [4.78, 5) is 39.1. The number of nitrogens with one attached hydrogen (secondary N) is 3. The van der Waals surface area contributed by atoms with Crippen molar-refractivity contribution in [2.45, 2.75) is 51.5 Å². The monoisotopic (exact) mass is 545 g/mol. The fourth-order valence-corrected chi connectivity index (χ4v) is 4.83. The lowest BCUT2D eigenvalue weighted by atomic mass is 10.1. The molecule has 1 atom stereocenters. The Bertz CT molecular complexity index is 1260. The topological polar surface area (TPSA) is 132 Å².